The molecule has 2 amide bonds. The number of carbonyl (C=O) groups excluding carboxylic acids is 2. The number of nitrogens with zero attached hydrogens (tertiary/aromatic N) is 4. The highest BCUT2D eigenvalue weighted by Crippen LogP contribution is 2.27. The molecule has 1 aliphatic heterocycles. The lowest BCUT2D eigenvalue weighted by atomic mass is 9.95. The molecule has 1 aliphatic rings. The van der Waals surface area contributed by atoms with Crippen LogP contribution >= 0.6 is 11.3 Å². The third-order valence-corrected chi connectivity index (χ3v) is 6.92. The minimum Gasteiger partial charge on any atom is -0.352 e. The van der Waals surface area contributed by atoms with Gasteiger partial charge in [-0.1, -0.05) is 42.5 Å². The molecule has 3 heterocycles. The predicted octanol–water partition coefficient (Wildman–Crippen LogP) is 4.30. The van der Waals surface area contributed by atoms with Crippen LogP contribution in [-0.2, 0) is 11.3 Å². The van der Waals surface area contributed by atoms with Crippen LogP contribution in [0.3, 0.4) is 0 Å². The number of piperidine rings is 1. The zero-order valence-electron chi connectivity index (χ0n) is 18.9. The molecule has 178 valence electrons. The van der Waals surface area contributed by atoms with E-state index in [-0.39, 0.29) is 23.6 Å². The molecular weight excluding hydrogens is 465 g/mol. The molecule has 2 aromatic heterocycles. The number of hydrogen-bond acceptors (Lipinski definition) is 5. The van der Waals surface area contributed by atoms with E-state index in [0.717, 1.165) is 10.4 Å². The fourth-order valence-corrected chi connectivity index (χ4v) is 4.87. The molecule has 5 rings (SSSR count). The SMILES string of the molecule is O=C(NCc1ccccc1)C1CCN(C(=O)c2nc(-c3cccs3)n(-c3cccc(F)c3)n2)CC1. The van der Waals surface area contributed by atoms with Gasteiger partial charge in [0.25, 0.3) is 5.91 Å². The number of rotatable bonds is 6. The van der Waals surface area contributed by atoms with Gasteiger partial charge in [0.15, 0.2) is 5.82 Å². The van der Waals surface area contributed by atoms with Crippen molar-refractivity contribution >= 4 is 23.2 Å². The number of nitrogens with one attached hydrogen (secondary N) is 1. The van der Waals surface area contributed by atoms with Crippen molar-refractivity contribution in [2.24, 2.45) is 5.92 Å². The molecule has 0 atom stereocenters. The summed E-state index contributed by atoms with van der Waals surface area (Å²) in [5.74, 6) is -0.262. The van der Waals surface area contributed by atoms with Crippen LogP contribution in [0, 0.1) is 11.7 Å². The standard InChI is InChI=1S/C26H24FN5O2S/c27-20-8-4-9-21(16-20)32-24(22-10-5-15-35-22)29-23(30-32)26(34)31-13-11-19(12-14-31)25(33)28-17-18-6-2-1-3-7-18/h1-10,15-16,19H,11-14,17H2,(H,28,33). The van der Waals surface area contributed by atoms with Crippen LogP contribution in [0.4, 0.5) is 4.39 Å². The number of amides is 2. The van der Waals surface area contributed by atoms with Gasteiger partial charge < -0.3 is 10.2 Å². The van der Waals surface area contributed by atoms with Gasteiger partial charge in [-0.05, 0) is 48.1 Å². The largest absolute Gasteiger partial charge is 0.352 e. The van der Waals surface area contributed by atoms with E-state index < -0.39 is 5.82 Å². The van der Waals surface area contributed by atoms with E-state index in [4.69, 9.17) is 0 Å². The number of halogens is 1. The van der Waals surface area contributed by atoms with Crippen LogP contribution in [0.25, 0.3) is 16.4 Å². The first-order valence-electron chi connectivity index (χ1n) is 11.5. The molecule has 2 aromatic carbocycles. The first-order valence-corrected chi connectivity index (χ1v) is 12.3. The molecule has 0 bridgehead atoms. The Balaban J connectivity index is 1.27. The van der Waals surface area contributed by atoms with Crippen molar-refractivity contribution in [3.05, 3.63) is 89.3 Å². The van der Waals surface area contributed by atoms with E-state index in [2.05, 4.69) is 15.4 Å². The molecule has 4 aromatic rings. The van der Waals surface area contributed by atoms with Gasteiger partial charge in [0.05, 0.1) is 10.6 Å². The second-order valence-electron chi connectivity index (χ2n) is 8.40. The van der Waals surface area contributed by atoms with Crippen molar-refractivity contribution in [2.75, 3.05) is 13.1 Å². The lowest BCUT2D eigenvalue weighted by Gasteiger charge is -2.30. The zero-order chi connectivity index (χ0) is 24.2. The summed E-state index contributed by atoms with van der Waals surface area (Å²) in [5, 5.41) is 9.35. The van der Waals surface area contributed by atoms with E-state index in [9.17, 15) is 14.0 Å². The molecule has 0 unspecified atom stereocenters. The summed E-state index contributed by atoms with van der Waals surface area (Å²) < 4.78 is 15.4. The van der Waals surface area contributed by atoms with Crippen LogP contribution in [0.1, 0.15) is 29.0 Å². The van der Waals surface area contributed by atoms with E-state index in [1.165, 1.54) is 28.2 Å². The maximum absolute atomic E-state index is 13.9. The molecule has 0 spiro atoms. The molecule has 0 aliphatic carbocycles. The Hall–Kier alpha value is -3.85. The number of benzene rings is 2. The highest BCUT2D eigenvalue weighted by molar-refractivity contribution is 7.13. The molecule has 1 N–H and O–H groups in total. The second kappa shape index (κ2) is 10.2. The fraction of sp³-hybridized carbons (Fsp3) is 0.231. The quantitative estimate of drug-likeness (QED) is 0.438. The van der Waals surface area contributed by atoms with E-state index >= 15 is 0 Å². The molecule has 1 fully saturated rings. The molecule has 1 saturated heterocycles. The van der Waals surface area contributed by atoms with Gasteiger partial charge in [-0.25, -0.2) is 14.1 Å². The lowest BCUT2D eigenvalue weighted by molar-refractivity contribution is -0.126. The number of aromatic nitrogens is 3. The smallest absolute Gasteiger partial charge is 0.293 e. The summed E-state index contributed by atoms with van der Waals surface area (Å²) in [5.41, 5.74) is 1.55. The topological polar surface area (TPSA) is 80.1 Å². The summed E-state index contributed by atoms with van der Waals surface area (Å²) >= 11 is 1.47. The van der Waals surface area contributed by atoms with Crippen molar-refractivity contribution in [1.82, 2.24) is 25.0 Å². The molecule has 0 saturated carbocycles. The molecule has 9 heteroatoms. The van der Waals surface area contributed by atoms with Gasteiger partial charge in [0.2, 0.25) is 11.7 Å². The maximum atomic E-state index is 13.9. The second-order valence-corrected chi connectivity index (χ2v) is 9.35. The molecular formula is C26H24FN5O2S. The Morgan fingerprint density at radius 3 is 2.54 bits per heavy atom. The van der Waals surface area contributed by atoms with Crippen molar-refractivity contribution in [3.8, 4) is 16.4 Å². The van der Waals surface area contributed by atoms with Crippen molar-refractivity contribution in [1.29, 1.82) is 0 Å². The number of likely N-dealkylation sites (tertiary alicyclic amines) is 1. The summed E-state index contributed by atoms with van der Waals surface area (Å²) in [6, 6.07) is 19.6. The van der Waals surface area contributed by atoms with Crippen molar-refractivity contribution < 1.29 is 14.0 Å². The van der Waals surface area contributed by atoms with E-state index in [1.807, 2.05) is 47.8 Å². The van der Waals surface area contributed by atoms with E-state index in [0.29, 0.717) is 44.0 Å². The van der Waals surface area contributed by atoms with Crippen LogP contribution in [-0.4, -0.2) is 44.6 Å². The van der Waals surface area contributed by atoms with Crippen molar-refractivity contribution in [2.45, 2.75) is 19.4 Å². The Morgan fingerprint density at radius 1 is 1.03 bits per heavy atom. The minimum absolute atomic E-state index is 0.00874. The summed E-state index contributed by atoms with van der Waals surface area (Å²) in [6.07, 6.45) is 1.16. The van der Waals surface area contributed by atoms with Crippen molar-refractivity contribution in [3.63, 3.8) is 0 Å². The molecule has 0 radical (unpaired) electrons. The van der Waals surface area contributed by atoms with Gasteiger partial charge in [0, 0.05) is 25.6 Å². The van der Waals surface area contributed by atoms with Gasteiger partial charge in [0.1, 0.15) is 5.82 Å². The predicted molar refractivity (Wildman–Crippen MR) is 132 cm³/mol. The van der Waals surface area contributed by atoms with Crippen LogP contribution in [0.2, 0.25) is 0 Å². The lowest BCUT2D eigenvalue weighted by Crippen LogP contribution is -2.43. The Bertz CT molecular complexity index is 1310. The van der Waals surface area contributed by atoms with E-state index in [1.54, 1.807) is 17.0 Å². The van der Waals surface area contributed by atoms with Gasteiger partial charge in [-0.3, -0.25) is 9.59 Å². The number of carbonyl (C=O) groups is 2. The zero-order valence-corrected chi connectivity index (χ0v) is 19.7. The Morgan fingerprint density at radius 2 is 1.83 bits per heavy atom. The normalized spacial score (nSPS) is 14.1. The third-order valence-electron chi connectivity index (χ3n) is 6.06. The van der Waals surface area contributed by atoms with Crippen LogP contribution in [0.15, 0.2) is 72.1 Å². The van der Waals surface area contributed by atoms with Gasteiger partial charge in [-0.2, -0.15) is 0 Å². The minimum atomic E-state index is -0.393. The average molecular weight is 490 g/mol. The summed E-state index contributed by atoms with van der Waals surface area (Å²) in [6.45, 7) is 1.39. The van der Waals surface area contributed by atoms with Crippen LogP contribution in [0.5, 0.6) is 0 Å². The van der Waals surface area contributed by atoms with Gasteiger partial charge >= 0.3 is 0 Å². The molecule has 7 nitrogen and oxygen atoms in total. The Kier molecular flexibility index (Phi) is 6.67. The highest BCUT2D eigenvalue weighted by atomic mass is 32.1. The van der Waals surface area contributed by atoms with Gasteiger partial charge in [-0.15, -0.1) is 16.4 Å². The third kappa shape index (κ3) is 5.14. The number of thiophene rings is 1. The van der Waals surface area contributed by atoms with Crippen LogP contribution < -0.4 is 5.32 Å². The first-order chi connectivity index (χ1) is 17.1. The maximum Gasteiger partial charge on any atom is 0.293 e. The summed E-state index contributed by atoms with van der Waals surface area (Å²) in [4.78, 5) is 32.9. The first kappa shape index (κ1) is 22.9. The average Bonchev–Trinajstić information content (AvgIpc) is 3.58. The monoisotopic (exact) mass is 489 g/mol. The Labute approximate surface area is 206 Å². The summed E-state index contributed by atoms with van der Waals surface area (Å²) in [7, 11) is 0. The number of hydrogen-bond donors (Lipinski definition) is 1. The fourth-order valence-electron chi connectivity index (χ4n) is 4.17. The molecule has 35 heavy (non-hydrogen) atoms. The highest BCUT2D eigenvalue weighted by Gasteiger charge is 2.30.